The molecule has 1 heterocycles. The van der Waals surface area contributed by atoms with Crippen molar-refractivity contribution < 1.29 is 23.3 Å². The molecule has 1 aliphatic rings. The molecule has 0 radical (unpaired) electrons. The predicted octanol–water partition coefficient (Wildman–Crippen LogP) is 3.31. The summed E-state index contributed by atoms with van der Waals surface area (Å²) in [6, 6.07) is 7.52. The van der Waals surface area contributed by atoms with Crippen LogP contribution in [-0.4, -0.2) is 46.2 Å². The smallest absolute Gasteiger partial charge is 0.324 e. The highest BCUT2D eigenvalue weighted by Crippen LogP contribution is 2.29. The Hall–Kier alpha value is -2.77. The molecule has 6 nitrogen and oxygen atoms in total. The highest BCUT2D eigenvalue weighted by atomic mass is 32.2. The Bertz CT molecular complexity index is 860. The summed E-state index contributed by atoms with van der Waals surface area (Å²) >= 11 is 0. The summed E-state index contributed by atoms with van der Waals surface area (Å²) in [7, 11) is -1.39. The van der Waals surface area contributed by atoms with E-state index in [1.54, 1.807) is 27.7 Å². The van der Waals surface area contributed by atoms with Crippen LogP contribution in [0.1, 0.15) is 46.1 Å². The summed E-state index contributed by atoms with van der Waals surface area (Å²) in [4.78, 5) is 17.8. The molecule has 0 fully saturated rings. The number of esters is 1. The van der Waals surface area contributed by atoms with Crippen LogP contribution >= 0.6 is 0 Å². The van der Waals surface area contributed by atoms with Crippen molar-refractivity contribution in [2.24, 2.45) is 5.16 Å². The molecule has 0 spiro atoms. The maximum atomic E-state index is 12.3. The molecule has 1 aromatic rings. The number of carbonyl (C=O) groups excluding carboxylic acids is 1. The number of oxime groups is 1. The SMILES string of the molecule is C#CC.CC#CCOc1ccc(C2=NOC(CC(C)(C(=O)OCC)S(C)=O)C2)cc1. The molecule has 7 heteroatoms. The molecule has 0 amide bonds. The first kappa shape index (κ1) is 25.3. The molecule has 0 saturated heterocycles. The van der Waals surface area contributed by atoms with Crippen molar-refractivity contribution >= 4 is 22.5 Å². The van der Waals surface area contributed by atoms with Gasteiger partial charge in [-0.2, -0.15) is 0 Å². The quantitative estimate of drug-likeness (QED) is 0.466. The Kier molecular flexibility index (Phi) is 10.7. The summed E-state index contributed by atoms with van der Waals surface area (Å²) in [5, 5.41) is 4.14. The Morgan fingerprint density at radius 3 is 2.53 bits per heavy atom. The lowest BCUT2D eigenvalue weighted by Gasteiger charge is -2.26. The zero-order chi connectivity index (χ0) is 22.6. The highest BCUT2D eigenvalue weighted by Gasteiger charge is 2.43. The van der Waals surface area contributed by atoms with Crippen LogP contribution in [0.3, 0.4) is 0 Å². The van der Waals surface area contributed by atoms with Crippen LogP contribution in [0.15, 0.2) is 29.4 Å². The van der Waals surface area contributed by atoms with Crippen molar-refractivity contribution in [3.05, 3.63) is 29.8 Å². The minimum atomic E-state index is -1.39. The average Bonchev–Trinajstić information content (AvgIpc) is 3.17. The summed E-state index contributed by atoms with van der Waals surface area (Å²) < 4.78 is 21.6. The Balaban J connectivity index is 0.00000141. The molecule has 162 valence electrons. The number of hydrogen-bond donors (Lipinski definition) is 0. The van der Waals surface area contributed by atoms with Crippen molar-refractivity contribution in [1.29, 1.82) is 0 Å². The van der Waals surface area contributed by atoms with E-state index in [2.05, 4.69) is 29.3 Å². The van der Waals surface area contributed by atoms with Crippen LogP contribution in [0.5, 0.6) is 5.75 Å². The molecule has 30 heavy (non-hydrogen) atoms. The molecule has 0 aliphatic carbocycles. The normalized spacial score (nSPS) is 17.3. The lowest BCUT2D eigenvalue weighted by molar-refractivity contribution is -0.146. The van der Waals surface area contributed by atoms with E-state index in [1.807, 2.05) is 24.3 Å². The van der Waals surface area contributed by atoms with Gasteiger partial charge < -0.3 is 14.3 Å². The molecule has 0 N–H and O–H groups in total. The number of rotatable bonds is 8. The molecule has 0 bridgehead atoms. The van der Waals surface area contributed by atoms with Crippen molar-refractivity contribution in [2.75, 3.05) is 19.5 Å². The third-order valence-electron chi connectivity index (χ3n) is 4.37. The molecule has 0 saturated carbocycles. The molecule has 3 unspecified atom stereocenters. The summed E-state index contributed by atoms with van der Waals surface area (Å²) in [5.41, 5.74) is 1.70. The van der Waals surface area contributed by atoms with E-state index in [-0.39, 0.29) is 19.1 Å². The second-order valence-electron chi connectivity index (χ2n) is 6.61. The van der Waals surface area contributed by atoms with Gasteiger partial charge in [0.15, 0.2) is 0 Å². The maximum absolute atomic E-state index is 12.3. The second-order valence-corrected chi connectivity index (χ2v) is 8.42. The summed E-state index contributed by atoms with van der Waals surface area (Å²) in [6.45, 7) is 7.39. The van der Waals surface area contributed by atoms with Crippen LogP contribution in [-0.2, 0) is 25.2 Å². The number of terminal acetylenes is 1. The first-order chi connectivity index (χ1) is 14.3. The fraction of sp³-hybridized carbons (Fsp3) is 0.478. The summed E-state index contributed by atoms with van der Waals surface area (Å²) in [6.07, 6.45) is 6.59. The highest BCUT2D eigenvalue weighted by molar-refractivity contribution is 7.86. The largest absolute Gasteiger partial charge is 0.481 e. The lowest BCUT2D eigenvalue weighted by Crippen LogP contribution is -2.44. The van der Waals surface area contributed by atoms with Crippen molar-refractivity contribution in [1.82, 2.24) is 0 Å². The van der Waals surface area contributed by atoms with E-state index in [0.29, 0.717) is 13.0 Å². The van der Waals surface area contributed by atoms with Gasteiger partial charge in [0, 0.05) is 29.9 Å². The molecule has 3 atom stereocenters. The molecular weight excluding hydrogens is 402 g/mol. The molecular formula is C23H29NO5S. The van der Waals surface area contributed by atoms with Gasteiger partial charge in [-0.05, 0) is 57.5 Å². The van der Waals surface area contributed by atoms with E-state index >= 15 is 0 Å². The van der Waals surface area contributed by atoms with Crippen LogP contribution < -0.4 is 4.74 Å². The third kappa shape index (κ3) is 7.24. The first-order valence-electron chi connectivity index (χ1n) is 9.55. The van der Waals surface area contributed by atoms with Crippen LogP contribution in [0, 0.1) is 24.2 Å². The van der Waals surface area contributed by atoms with Crippen molar-refractivity contribution in [3.8, 4) is 29.9 Å². The fourth-order valence-corrected chi connectivity index (χ4v) is 3.39. The zero-order valence-corrected chi connectivity index (χ0v) is 19.0. The Morgan fingerprint density at radius 1 is 1.37 bits per heavy atom. The Labute approximate surface area is 181 Å². The van der Waals surface area contributed by atoms with Crippen molar-refractivity contribution in [3.63, 3.8) is 0 Å². The zero-order valence-electron chi connectivity index (χ0n) is 18.2. The van der Waals surface area contributed by atoms with Gasteiger partial charge in [0.2, 0.25) is 0 Å². The predicted molar refractivity (Wildman–Crippen MR) is 120 cm³/mol. The van der Waals surface area contributed by atoms with Crippen LogP contribution in [0.4, 0.5) is 0 Å². The van der Waals surface area contributed by atoms with Gasteiger partial charge in [-0.3, -0.25) is 9.00 Å². The van der Waals surface area contributed by atoms with Gasteiger partial charge in [-0.15, -0.1) is 18.3 Å². The second kappa shape index (κ2) is 12.7. The van der Waals surface area contributed by atoms with E-state index in [4.69, 9.17) is 14.3 Å². The maximum Gasteiger partial charge on any atom is 0.324 e. The molecule has 1 aromatic carbocycles. The number of carbonyl (C=O) groups is 1. The topological polar surface area (TPSA) is 74.2 Å². The van der Waals surface area contributed by atoms with E-state index in [0.717, 1.165) is 17.0 Å². The van der Waals surface area contributed by atoms with Gasteiger partial charge in [-0.1, -0.05) is 11.1 Å². The average molecular weight is 432 g/mol. The minimum Gasteiger partial charge on any atom is -0.481 e. The van der Waals surface area contributed by atoms with E-state index in [9.17, 15) is 9.00 Å². The van der Waals surface area contributed by atoms with Gasteiger partial charge in [0.1, 0.15) is 23.2 Å². The van der Waals surface area contributed by atoms with E-state index in [1.165, 1.54) is 6.26 Å². The third-order valence-corrected chi connectivity index (χ3v) is 5.97. The van der Waals surface area contributed by atoms with Gasteiger partial charge >= 0.3 is 5.97 Å². The minimum absolute atomic E-state index is 0.247. The van der Waals surface area contributed by atoms with Gasteiger partial charge in [0.05, 0.1) is 12.3 Å². The van der Waals surface area contributed by atoms with E-state index < -0.39 is 21.5 Å². The monoisotopic (exact) mass is 431 g/mol. The van der Waals surface area contributed by atoms with Crippen molar-refractivity contribution in [2.45, 2.75) is 51.4 Å². The van der Waals surface area contributed by atoms with Crippen LogP contribution in [0.2, 0.25) is 0 Å². The van der Waals surface area contributed by atoms with Gasteiger partial charge in [0.25, 0.3) is 0 Å². The number of nitrogens with zero attached hydrogens (tertiary/aromatic N) is 1. The fourth-order valence-electron chi connectivity index (χ4n) is 2.68. The Morgan fingerprint density at radius 2 is 2.00 bits per heavy atom. The molecule has 0 aromatic heterocycles. The number of hydrogen-bond acceptors (Lipinski definition) is 6. The molecule has 2 rings (SSSR count). The van der Waals surface area contributed by atoms with Crippen LogP contribution in [0.25, 0.3) is 0 Å². The summed E-state index contributed by atoms with van der Waals surface area (Å²) in [5.74, 6) is 8.13. The number of ether oxygens (including phenoxy) is 2. The van der Waals surface area contributed by atoms with Gasteiger partial charge in [-0.25, -0.2) is 0 Å². The lowest BCUT2D eigenvalue weighted by atomic mass is 9.97. The number of benzene rings is 1. The molecule has 1 aliphatic heterocycles. The first-order valence-corrected chi connectivity index (χ1v) is 11.1. The standard InChI is InChI=1S/C20H25NO5S.C3H4/c1-5-7-12-25-16-10-8-15(9-11-16)18-13-17(26-21-18)14-20(3,27(4)23)19(22)24-6-2;1-3-2/h8-11,17H,6,12-14H2,1-4H3;1H,2H3.